The standard InChI is InChI=1S/C16H13NO2/c1-19-17-15-10-6-5-9-13(15)14(16(17)18)11-12-7-3-2-4-8-12/h2-11H,1H3. The first-order chi connectivity index (χ1) is 9.31. The van der Waals surface area contributed by atoms with E-state index in [9.17, 15) is 4.79 Å². The lowest BCUT2D eigenvalue weighted by Crippen LogP contribution is -2.24. The lowest BCUT2D eigenvalue weighted by atomic mass is 10.0. The van der Waals surface area contributed by atoms with Crippen LogP contribution in [0.3, 0.4) is 0 Å². The largest absolute Gasteiger partial charge is 0.282 e. The van der Waals surface area contributed by atoms with E-state index in [0.717, 1.165) is 16.8 Å². The molecule has 1 aliphatic heterocycles. The summed E-state index contributed by atoms with van der Waals surface area (Å²) >= 11 is 0. The smallest absolute Gasteiger partial charge is 0.269 e. The maximum absolute atomic E-state index is 12.3. The van der Waals surface area contributed by atoms with E-state index in [1.807, 2.05) is 60.7 Å². The van der Waals surface area contributed by atoms with Crippen LogP contribution in [0.2, 0.25) is 0 Å². The highest BCUT2D eigenvalue weighted by Crippen LogP contribution is 2.37. The van der Waals surface area contributed by atoms with Gasteiger partial charge in [-0.2, -0.15) is 5.06 Å². The molecule has 1 heterocycles. The molecule has 0 saturated carbocycles. The number of benzene rings is 2. The highest BCUT2D eigenvalue weighted by atomic mass is 16.7. The van der Waals surface area contributed by atoms with Gasteiger partial charge in [-0.3, -0.25) is 9.63 Å². The Labute approximate surface area is 111 Å². The van der Waals surface area contributed by atoms with Crippen molar-refractivity contribution in [2.24, 2.45) is 0 Å². The van der Waals surface area contributed by atoms with Crippen LogP contribution in [0.1, 0.15) is 11.1 Å². The molecule has 1 amide bonds. The van der Waals surface area contributed by atoms with Gasteiger partial charge in [-0.25, -0.2) is 0 Å². The summed E-state index contributed by atoms with van der Waals surface area (Å²) in [6, 6.07) is 17.4. The fourth-order valence-corrected chi connectivity index (χ4v) is 2.25. The molecular weight excluding hydrogens is 238 g/mol. The van der Waals surface area contributed by atoms with Gasteiger partial charge in [-0.05, 0) is 17.7 Å². The van der Waals surface area contributed by atoms with Gasteiger partial charge in [0.15, 0.2) is 0 Å². The molecule has 3 heteroatoms. The zero-order chi connectivity index (χ0) is 13.2. The van der Waals surface area contributed by atoms with Crippen molar-refractivity contribution < 1.29 is 9.63 Å². The van der Waals surface area contributed by atoms with Crippen LogP contribution in [0.25, 0.3) is 11.6 Å². The number of nitrogens with zero attached hydrogens (tertiary/aromatic N) is 1. The van der Waals surface area contributed by atoms with Gasteiger partial charge >= 0.3 is 0 Å². The Morgan fingerprint density at radius 3 is 2.42 bits per heavy atom. The maximum Gasteiger partial charge on any atom is 0.282 e. The molecule has 3 nitrogen and oxygen atoms in total. The summed E-state index contributed by atoms with van der Waals surface area (Å²) < 4.78 is 0. The second-order valence-electron chi connectivity index (χ2n) is 4.27. The van der Waals surface area contributed by atoms with Crippen LogP contribution in [-0.4, -0.2) is 13.0 Å². The molecule has 0 unspecified atom stereocenters. The van der Waals surface area contributed by atoms with Crippen molar-refractivity contribution in [3.05, 3.63) is 65.7 Å². The number of hydrogen-bond donors (Lipinski definition) is 0. The van der Waals surface area contributed by atoms with Crippen LogP contribution in [0, 0.1) is 0 Å². The van der Waals surface area contributed by atoms with Gasteiger partial charge in [0.05, 0.1) is 18.4 Å². The van der Waals surface area contributed by atoms with Gasteiger partial charge in [-0.15, -0.1) is 0 Å². The van der Waals surface area contributed by atoms with E-state index in [0.29, 0.717) is 5.57 Å². The molecule has 0 spiro atoms. The second kappa shape index (κ2) is 4.71. The molecule has 0 fully saturated rings. The Bertz CT molecular complexity index is 647. The van der Waals surface area contributed by atoms with Crippen molar-refractivity contribution in [2.45, 2.75) is 0 Å². The summed E-state index contributed by atoms with van der Waals surface area (Å²) in [5.74, 6) is -0.132. The lowest BCUT2D eigenvalue weighted by molar-refractivity contribution is -0.118. The zero-order valence-electron chi connectivity index (χ0n) is 10.5. The average molecular weight is 251 g/mol. The lowest BCUT2D eigenvalue weighted by Gasteiger charge is -2.12. The molecule has 0 aliphatic carbocycles. The summed E-state index contributed by atoms with van der Waals surface area (Å²) in [5.41, 5.74) is 3.35. The van der Waals surface area contributed by atoms with Gasteiger partial charge in [-0.1, -0.05) is 48.5 Å². The Balaban J connectivity index is 2.13. The van der Waals surface area contributed by atoms with Crippen molar-refractivity contribution in [1.29, 1.82) is 0 Å². The van der Waals surface area contributed by atoms with Crippen LogP contribution < -0.4 is 5.06 Å². The van der Waals surface area contributed by atoms with Crippen molar-refractivity contribution in [3.8, 4) is 0 Å². The molecule has 2 aromatic rings. The topological polar surface area (TPSA) is 29.5 Å². The van der Waals surface area contributed by atoms with E-state index in [-0.39, 0.29) is 5.91 Å². The van der Waals surface area contributed by atoms with Crippen LogP contribution in [0.5, 0.6) is 0 Å². The molecular formula is C16H13NO2. The first-order valence-corrected chi connectivity index (χ1v) is 6.06. The highest BCUT2D eigenvalue weighted by Gasteiger charge is 2.32. The highest BCUT2D eigenvalue weighted by molar-refractivity contribution is 6.35. The minimum atomic E-state index is -0.132. The minimum Gasteiger partial charge on any atom is -0.269 e. The first kappa shape index (κ1) is 11.7. The van der Waals surface area contributed by atoms with Crippen LogP contribution in [0.4, 0.5) is 5.69 Å². The Morgan fingerprint density at radius 1 is 1.00 bits per heavy atom. The second-order valence-corrected chi connectivity index (χ2v) is 4.27. The third-order valence-electron chi connectivity index (χ3n) is 3.12. The van der Waals surface area contributed by atoms with Gasteiger partial charge in [0.25, 0.3) is 5.91 Å². The molecule has 3 rings (SSSR count). The monoisotopic (exact) mass is 251 g/mol. The Hall–Kier alpha value is -2.39. The van der Waals surface area contributed by atoms with Crippen molar-refractivity contribution in [1.82, 2.24) is 0 Å². The zero-order valence-corrected chi connectivity index (χ0v) is 10.5. The summed E-state index contributed by atoms with van der Waals surface area (Å²) in [7, 11) is 1.50. The first-order valence-electron chi connectivity index (χ1n) is 6.06. The SMILES string of the molecule is CON1C(=O)C(=Cc2ccccc2)c2ccccc21. The predicted octanol–water partition coefficient (Wildman–Crippen LogP) is 3.14. The normalized spacial score (nSPS) is 15.9. The summed E-state index contributed by atoms with van der Waals surface area (Å²) in [6.45, 7) is 0. The minimum absolute atomic E-state index is 0.132. The van der Waals surface area contributed by atoms with Gasteiger partial charge < -0.3 is 0 Å². The fraction of sp³-hybridized carbons (Fsp3) is 0.0625. The molecule has 0 aromatic heterocycles. The maximum atomic E-state index is 12.3. The van der Waals surface area contributed by atoms with E-state index in [2.05, 4.69) is 0 Å². The van der Waals surface area contributed by atoms with E-state index >= 15 is 0 Å². The van der Waals surface area contributed by atoms with Crippen molar-refractivity contribution in [3.63, 3.8) is 0 Å². The predicted molar refractivity (Wildman–Crippen MR) is 75.3 cm³/mol. The number of fused-ring (bicyclic) bond motifs is 1. The Kier molecular flexibility index (Phi) is 2.89. The fourth-order valence-electron chi connectivity index (χ4n) is 2.25. The number of hydrogen-bond acceptors (Lipinski definition) is 2. The third-order valence-corrected chi connectivity index (χ3v) is 3.12. The summed E-state index contributed by atoms with van der Waals surface area (Å²) in [6.07, 6.45) is 1.89. The summed E-state index contributed by atoms with van der Waals surface area (Å²) in [4.78, 5) is 17.5. The number of carbonyl (C=O) groups excluding carboxylic acids is 1. The van der Waals surface area contributed by atoms with Crippen molar-refractivity contribution in [2.75, 3.05) is 12.2 Å². The Morgan fingerprint density at radius 2 is 1.68 bits per heavy atom. The quantitative estimate of drug-likeness (QED) is 0.767. The molecule has 0 radical (unpaired) electrons. The molecule has 19 heavy (non-hydrogen) atoms. The molecule has 0 bridgehead atoms. The molecule has 0 N–H and O–H groups in total. The van der Waals surface area contributed by atoms with Gasteiger partial charge in [0.1, 0.15) is 0 Å². The van der Waals surface area contributed by atoms with Crippen LogP contribution >= 0.6 is 0 Å². The van der Waals surface area contributed by atoms with Crippen LogP contribution in [0.15, 0.2) is 54.6 Å². The van der Waals surface area contributed by atoms with E-state index in [1.165, 1.54) is 12.2 Å². The van der Waals surface area contributed by atoms with E-state index in [1.54, 1.807) is 0 Å². The average Bonchev–Trinajstić information content (AvgIpc) is 2.73. The van der Waals surface area contributed by atoms with E-state index in [4.69, 9.17) is 4.84 Å². The van der Waals surface area contributed by atoms with Crippen LogP contribution in [-0.2, 0) is 9.63 Å². The number of rotatable bonds is 2. The van der Waals surface area contributed by atoms with E-state index < -0.39 is 0 Å². The number of carbonyl (C=O) groups is 1. The molecule has 94 valence electrons. The van der Waals surface area contributed by atoms with Crippen molar-refractivity contribution >= 4 is 23.2 Å². The number of anilines is 1. The number of para-hydroxylation sites is 1. The number of hydroxylamine groups is 1. The van der Waals surface area contributed by atoms with Gasteiger partial charge in [0, 0.05) is 5.56 Å². The molecule has 0 saturated heterocycles. The third kappa shape index (κ3) is 1.94. The summed E-state index contributed by atoms with van der Waals surface area (Å²) in [5, 5.41) is 1.32. The molecule has 1 aliphatic rings. The molecule has 2 aromatic carbocycles. The molecule has 0 atom stereocenters. The van der Waals surface area contributed by atoms with Gasteiger partial charge in [0.2, 0.25) is 0 Å². The number of amides is 1.